The Morgan fingerprint density at radius 3 is 2.23 bits per heavy atom. The van der Waals surface area contributed by atoms with Gasteiger partial charge in [0.25, 0.3) is 0 Å². The molecular formula is C14H27NO7. The molecule has 22 heavy (non-hydrogen) atoms. The molecule has 0 aromatic heterocycles. The molecule has 0 saturated heterocycles. The molecule has 0 aliphatic heterocycles. The van der Waals surface area contributed by atoms with Gasteiger partial charge in [0.15, 0.2) is 6.10 Å². The van der Waals surface area contributed by atoms with Crippen LogP contribution in [0.4, 0.5) is 0 Å². The van der Waals surface area contributed by atoms with E-state index in [-0.39, 0.29) is 6.61 Å². The van der Waals surface area contributed by atoms with E-state index in [1.807, 2.05) is 0 Å². The number of unbranched alkanes of at least 4 members (excludes halogenated alkanes) is 5. The molecule has 0 saturated carbocycles. The van der Waals surface area contributed by atoms with Crippen molar-refractivity contribution in [1.29, 1.82) is 0 Å². The highest BCUT2D eigenvalue weighted by Gasteiger charge is 2.37. The lowest BCUT2D eigenvalue weighted by atomic mass is 10.0. The standard InChI is InChI=1S/C14H27NO7/c1-2-3-4-5-6-7-8-22-14(20)13(19)12(18)11(15-21)10(17)9-16/h10-13,16-19H,2-9H2,1H3. The molecule has 8 nitrogen and oxygen atoms in total. The van der Waals surface area contributed by atoms with Crippen molar-refractivity contribution in [3.05, 3.63) is 4.91 Å². The normalized spacial score (nSPS) is 16.6. The second kappa shape index (κ2) is 12.5. The smallest absolute Gasteiger partial charge is 0.337 e. The van der Waals surface area contributed by atoms with Crippen LogP contribution in [-0.2, 0) is 9.53 Å². The number of carbonyl (C=O) groups is 1. The van der Waals surface area contributed by atoms with Crippen molar-refractivity contribution in [2.75, 3.05) is 13.2 Å². The van der Waals surface area contributed by atoms with Gasteiger partial charge in [-0.1, -0.05) is 44.2 Å². The maximum atomic E-state index is 11.5. The molecule has 0 heterocycles. The van der Waals surface area contributed by atoms with E-state index in [1.54, 1.807) is 0 Å². The van der Waals surface area contributed by atoms with E-state index in [1.165, 1.54) is 0 Å². The number of esters is 1. The van der Waals surface area contributed by atoms with Crippen molar-refractivity contribution >= 4 is 5.97 Å². The van der Waals surface area contributed by atoms with Crippen molar-refractivity contribution < 1.29 is 30.0 Å². The van der Waals surface area contributed by atoms with E-state index in [2.05, 4.69) is 12.1 Å². The van der Waals surface area contributed by atoms with Crippen LogP contribution in [-0.4, -0.2) is 64.0 Å². The minimum Gasteiger partial charge on any atom is -0.464 e. The molecule has 0 aliphatic carbocycles. The fourth-order valence-electron chi connectivity index (χ4n) is 1.93. The quantitative estimate of drug-likeness (QED) is 0.214. The first kappa shape index (κ1) is 20.9. The van der Waals surface area contributed by atoms with E-state index in [0.717, 1.165) is 32.1 Å². The number of hydrogen-bond donors (Lipinski definition) is 4. The molecule has 0 fully saturated rings. The Balaban J connectivity index is 4.06. The first-order valence-electron chi connectivity index (χ1n) is 7.63. The molecular weight excluding hydrogens is 294 g/mol. The summed E-state index contributed by atoms with van der Waals surface area (Å²) in [4.78, 5) is 22.0. The largest absolute Gasteiger partial charge is 0.464 e. The van der Waals surface area contributed by atoms with Gasteiger partial charge in [-0.25, -0.2) is 4.79 Å². The van der Waals surface area contributed by atoms with Gasteiger partial charge in [0.05, 0.1) is 13.2 Å². The van der Waals surface area contributed by atoms with Crippen molar-refractivity contribution in [2.45, 2.75) is 69.8 Å². The summed E-state index contributed by atoms with van der Waals surface area (Å²) in [6, 6.07) is -1.71. The summed E-state index contributed by atoms with van der Waals surface area (Å²) in [6.45, 7) is 1.40. The maximum absolute atomic E-state index is 11.5. The van der Waals surface area contributed by atoms with Gasteiger partial charge < -0.3 is 25.2 Å². The number of nitrogens with zero attached hydrogens (tertiary/aromatic N) is 1. The minimum absolute atomic E-state index is 0.108. The third-order valence-electron chi connectivity index (χ3n) is 3.36. The van der Waals surface area contributed by atoms with Crippen molar-refractivity contribution in [1.82, 2.24) is 0 Å². The Hall–Kier alpha value is -1.09. The number of aliphatic hydroxyl groups is 4. The SMILES string of the molecule is CCCCCCCCOC(=O)C(O)C(O)C(N=O)C(O)CO. The summed E-state index contributed by atoms with van der Waals surface area (Å²) in [7, 11) is 0. The molecule has 0 aliphatic rings. The average molecular weight is 321 g/mol. The van der Waals surface area contributed by atoms with E-state index in [9.17, 15) is 25.0 Å². The van der Waals surface area contributed by atoms with E-state index in [0.29, 0.717) is 6.42 Å². The summed E-state index contributed by atoms with van der Waals surface area (Å²) in [5, 5.41) is 39.6. The molecule has 0 bridgehead atoms. The van der Waals surface area contributed by atoms with Gasteiger partial charge in [-0.3, -0.25) is 0 Å². The van der Waals surface area contributed by atoms with Crippen LogP contribution >= 0.6 is 0 Å². The molecule has 0 aromatic carbocycles. The Morgan fingerprint density at radius 1 is 1.09 bits per heavy atom. The van der Waals surface area contributed by atoms with Crippen LogP contribution in [0.25, 0.3) is 0 Å². The van der Waals surface area contributed by atoms with Crippen LogP contribution in [0, 0.1) is 4.91 Å². The molecule has 0 amide bonds. The Kier molecular flexibility index (Phi) is 11.8. The number of aliphatic hydroxyl groups excluding tert-OH is 4. The molecule has 4 N–H and O–H groups in total. The maximum Gasteiger partial charge on any atom is 0.337 e. The van der Waals surface area contributed by atoms with Gasteiger partial charge in [0, 0.05) is 0 Å². The first-order valence-corrected chi connectivity index (χ1v) is 7.63. The first-order chi connectivity index (χ1) is 10.5. The number of nitroso groups, excluding NO2 is 1. The topological polar surface area (TPSA) is 137 Å². The molecule has 0 rings (SSSR count). The van der Waals surface area contributed by atoms with E-state index in [4.69, 9.17) is 9.84 Å². The van der Waals surface area contributed by atoms with Crippen LogP contribution in [0.5, 0.6) is 0 Å². The predicted molar refractivity (Wildman–Crippen MR) is 79.0 cm³/mol. The second-order valence-corrected chi connectivity index (χ2v) is 5.22. The van der Waals surface area contributed by atoms with Crippen LogP contribution in [0.15, 0.2) is 5.18 Å². The van der Waals surface area contributed by atoms with Crippen molar-refractivity contribution in [3.8, 4) is 0 Å². The number of rotatable bonds is 13. The van der Waals surface area contributed by atoms with Crippen molar-refractivity contribution in [2.24, 2.45) is 5.18 Å². The van der Waals surface area contributed by atoms with E-state index < -0.39 is 36.9 Å². The third kappa shape index (κ3) is 7.79. The highest BCUT2D eigenvalue weighted by Crippen LogP contribution is 2.11. The van der Waals surface area contributed by atoms with Gasteiger partial charge in [-0.2, -0.15) is 4.91 Å². The van der Waals surface area contributed by atoms with Crippen molar-refractivity contribution in [3.63, 3.8) is 0 Å². The van der Waals surface area contributed by atoms with Gasteiger partial charge in [-0.15, -0.1) is 0 Å². The molecule has 130 valence electrons. The average Bonchev–Trinajstić information content (AvgIpc) is 2.53. The highest BCUT2D eigenvalue weighted by atomic mass is 16.5. The lowest BCUT2D eigenvalue weighted by molar-refractivity contribution is -0.162. The Morgan fingerprint density at radius 2 is 1.68 bits per heavy atom. The lowest BCUT2D eigenvalue weighted by Crippen LogP contribution is -2.48. The van der Waals surface area contributed by atoms with E-state index >= 15 is 0 Å². The molecule has 8 heteroatoms. The number of carbonyl (C=O) groups excluding carboxylic acids is 1. The van der Waals surface area contributed by atoms with Crippen LogP contribution < -0.4 is 0 Å². The van der Waals surface area contributed by atoms with Gasteiger partial charge in [0.2, 0.25) is 0 Å². The van der Waals surface area contributed by atoms with Crippen LogP contribution in [0.3, 0.4) is 0 Å². The zero-order valence-electron chi connectivity index (χ0n) is 12.9. The zero-order valence-corrected chi connectivity index (χ0v) is 12.9. The summed E-state index contributed by atoms with van der Waals surface area (Å²) in [5.74, 6) is -1.08. The molecule has 0 spiro atoms. The molecule has 4 unspecified atom stereocenters. The number of ether oxygens (including phenoxy) is 1. The summed E-state index contributed by atoms with van der Waals surface area (Å²) in [6.07, 6.45) is 0.422. The van der Waals surface area contributed by atoms with Gasteiger partial charge >= 0.3 is 5.97 Å². The van der Waals surface area contributed by atoms with Crippen LogP contribution in [0.2, 0.25) is 0 Å². The monoisotopic (exact) mass is 321 g/mol. The third-order valence-corrected chi connectivity index (χ3v) is 3.36. The van der Waals surface area contributed by atoms with Gasteiger partial charge in [-0.05, 0) is 6.42 Å². The Bertz CT molecular complexity index is 314. The number of hydrogen-bond acceptors (Lipinski definition) is 8. The second-order valence-electron chi connectivity index (χ2n) is 5.22. The highest BCUT2D eigenvalue weighted by molar-refractivity contribution is 5.75. The fourth-order valence-corrected chi connectivity index (χ4v) is 1.93. The molecule has 4 atom stereocenters. The molecule has 0 aromatic rings. The van der Waals surface area contributed by atoms with Crippen LogP contribution in [0.1, 0.15) is 45.4 Å². The predicted octanol–water partition coefficient (Wildman–Crippen LogP) is 0.100. The zero-order chi connectivity index (χ0) is 17.0. The Labute approximate surface area is 130 Å². The lowest BCUT2D eigenvalue weighted by Gasteiger charge is -2.23. The summed E-state index contributed by atoms with van der Waals surface area (Å²) in [5.41, 5.74) is 0. The summed E-state index contributed by atoms with van der Waals surface area (Å²) < 4.78 is 4.80. The summed E-state index contributed by atoms with van der Waals surface area (Å²) >= 11 is 0. The molecule has 0 radical (unpaired) electrons. The van der Waals surface area contributed by atoms with Gasteiger partial charge in [0.1, 0.15) is 18.2 Å². The minimum atomic E-state index is -2.00. The fraction of sp³-hybridized carbons (Fsp3) is 0.929.